The van der Waals surface area contributed by atoms with E-state index in [0.717, 1.165) is 36.0 Å². The molecule has 0 aliphatic heterocycles. The summed E-state index contributed by atoms with van der Waals surface area (Å²) in [4.78, 5) is 0. The fourth-order valence-electron chi connectivity index (χ4n) is 3.69. The van der Waals surface area contributed by atoms with Crippen LogP contribution in [0.25, 0.3) is 0 Å². The van der Waals surface area contributed by atoms with Crippen LogP contribution in [0.15, 0.2) is 116 Å². The predicted molar refractivity (Wildman–Crippen MR) is 123 cm³/mol. The van der Waals surface area contributed by atoms with E-state index >= 15 is 0 Å². The fourth-order valence-corrected chi connectivity index (χ4v) is 3.69. The first-order valence-corrected chi connectivity index (χ1v) is 10.4. The van der Waals surface area contributed by atoms with E-state index in [1.165, 1.54) is 0 Å². The van der Waals surface area contributed by atoms with Crippen molar-refractivity contribution in [3.63, 3.8) is 0 Å². The van der Waals surface area contributed by atoms with Crippen molar-refractivity contribution in [3.05, 3.63) is 132 Å². The van der Waals surface area contributed by atoms with E-state index in [4.69, 9.17) is 4.74 Å². The lowest BCUT2D eigenvalue weighted by Gasteiger charge is -2.38. The molecular formula is C28H30O. The van der Waals surface area contributed by atoms with Gasteiger partial charge in [-0.25, -0.2) is 0 Å². The molecule has 0 aliphatic rings. The minimum Gasteiger partial charge on any atom is -0.353 e. The molecular weight excluding hydrogens is 352 g/mol. The highest BCUT2D eigenvalue weighted by Gasteiger charge is 2.39. The molecule has 1 atom stereocenters. The quantitative estimate of drug-likeness (QED) is 0.264. The minimum atomic E-state index is -0.700. The largest absolute Gasteiger partial charge is 0.353 e. The molecule has 0 bridgehead atoms. The van der Waals surface area contributed by atoms with Crippen LogP contribution >= 0.6 is 0 Å². The maximum Gasteiger partial charge on any atom is 0.144 e. The smallest absolute Gasteiger partial charge is 0.144 e. The van der Waals surface area contributed by atoms with Gasteiger partial charge in [-0.2, -0.15) is 0 Å². The Morgan fingerprint density at radius 3 is 1.62 bits per heavy atom. The molecule has 0 radical (unpaired) electrons. The number of hydrogen-bond donors (Lipinski definition) is 0. The SMILES string of the molecule is C=CCC(C=CCCC)OC(c1ccccc1)(c1ccccc1)c1ccccc1. The molecule has 0 N–H and O–H groups in total. The number of rotatable bonds is 10. The third kappa shape index (κ3) is 4.93. The van der Waals surface area contributed by atoms with Crippen LogP contribution in [0, 0.1) is 0 Å². The van der Waals surface area contributed by atoms with Crippen molar-refractivity contribution in [1.29, 1.82) is 0 Å². The van der Waals surface area contributed by atoms with E-state index in [0.29, 0.717) is 0 Å². The first-order valence-electron chi connectivity index (χ1n) is 10.4. The minimum absolute atomic E-state index is 0.0698. The summed E-state index contributed by atoms with van der Waals surface area (Å²) in [5, 5.41) is 0. The fraction of sp³-hybridized carbons (Fsp3) is 0.214. The normalized spacial score (nSPS) is 12.7. The van der Waals surface area contributed by atoms with Gasteiger partial charge in [-0.15, -0.1) is 6.58 Å². The van der Waals surface area contributed by atoms with Crippen LogP contribution in [0.5, 0.6) is 0 Å². The zero-order valence-corrected chi connectivity index (χ0v) is 17.2. The summed E-state index contributed by atoms with van der Waals surface area (Å²) in [5.41, 5.74) is 2.66. The van der Waals surface area contributed by atoms with Gasteiger partial charge in [0, 0.05) is 0 Å². The molecule has 1 nitrogen and oxygen atoms in total. The highest BCUT2D eigenvalue weighted by atomic mass is 16.5. The number of unbranched alkanes of at least 4 members (excludes halogenated alkanes) is 1. The van der Waals surface area contributed by atoms with Gasteiger partial charge in [-0.05, 0) is 29.5 Å². The van der Waals surface area contributed by atoms with E-state index in [2.05, 4.69) is 98.5 Å². The van der Waals surface area contributed by atoms with Crippen molar-refractivity contribution in [2.24, 2.45) is 0 Å². The lowest BCUT2D eigenvalue weighted by Crippen LogP contribution is -2.36. The van der Waals surface area contributed by atoms with Crippen molar-refractivity contribution in [2.45, 2.75) is 37.9 Å². The third-order valence-corrected chi connectivity index (χ3v) is 5.07. The van der Waals surface area contributed by atoms with E-state index in [1.807, 2.05) is 24.3 Å². The zero-order valence-electron chi connectivity index (χ0n) is 17.2. The number of allylic oxidation sites excluding steroid dienone is 1. The molecule has 3 aromatic rings. The van der Waals surface area contributed by atoms with Crippen molar-refractivity contribution < 1.29 is 4.74 Å². The van der Waals surface area contributed by atoms with E-state index in [-0.39, 0.29) is 6.10 Å². The molecule has 0 saturated heterocycles. The first-order chi connectivity index (χ1) is 14.3. The molecule has 0 fully saturated rings. The van der Waals surface area contributed by atoms with Gasteiger partial charge < -0.3 is 4.74 Å². The topological polar surface area (TPSA) is 9.23 Å². The number of ether oxygens (including phenoxy) is 1. The maximum atomic E-state index is 7.03. The Labute approximate surface area is 175 Å². The molecule has 0 saturated carbocycles. The van der Waals surface area contributed by atoms with Crippen LogP contribution in [-0.2, 0) is 10.3 Å². The number of hydrogen-bond acceptors (Lipinski definition) is 1. The summed E-state index contributed by atoms with van der Waals surface area (Å²) < 4.78 is 7.03. The lowest BCUT2D eigenvalue weighted by atomic mass is 9.80. The second kappa shape index (κ2) is 10.6. The number of benzene rings is 3. The zero-order chi connectivity index (χ0) is 20.4. The molecule has 0 aliphatic carbocycles. The average Bonchev–Trinajstić information content (AvgIpc) is 2.79. The summed E-state index contributed by atoms with van der Waals surface area (Å²) in [6.45, 7) is 6.15. The Balaban J connectivity index is 2.20. The molecule has 3 aromatic carbocycles. The summed E-state index contributed by atoms with van der Waals surface area (Å²) in [5.74, 6) is 0. The van der Waals surface area contributed by atoms with Gasteiger partial charge in [0.25, 0.3) is 0 Å². The van der Waals surface area contributed by atoms with Crippen LogP contribution in [-0.4, -0.2) is 6.10 Å². The lowest BCUT2D eigenvalue weighted by molar-refractivity contribution is -0.0229. The van der Waals surface area contributed by atoms with Crippen molar-refractivity contribution in [3.8, 4) is 0 Å². The van der Waals surface area contributed by atoms with Crippen molar-refractivity contribution >= 4 is 0 Å². The summed E-state index contributed by atoms with van der Waals surface area (Å²) >= 11 is 0. The first kappa shape index (κ1) is 20.8. The Hall–Kier alpha value is -2.90. The molecule has 148 valence electrons. The molecule has 0 amide bonds. The van der Waals surface area contributed by atoms with Crippen LogP contribution in [0.3, 0.4) is 0 Å². The second-order valence-corrected chi connectivity index (χ2v) is 7.18. The second-order valence-electron chi connectivity index (χ2n) is 7.18. The van der Waals surface area contributed by atoms with Gasteiger partial charge in [-0.3, -0.25) is 0 Å². The van der Waals surface area contributed by atoms with Gasteiger partial charge in [0.15, 0.2) is 0 Å². The van der Waals surface area contributed by atoms with Gasteiger partial charge >= 0.3 is 0 Å². The maximum absolute atomic E-state index is 7.03. The van der Waals surface area contributed by atoms with Gasteiger partial charge in [0.05, 0.1) is 6.10 Å². The van der Waals surface area contributed by atoms with Gasteiger partial charge in [0.2, 0.25) is 0 Å². The standard InChI is InChI=1S/C28H30O/c1-3-5-9-23-27(16-4-2)29-28(24-17-10-6-11-18-24,25-19-12-7-13-20-25)26-21-14-8-15-22-26/h4,6-15,17-23,27H,2-3,5,16H2,1H3. The Bertz CT molecular complexity index is 785. The molecule has 0 spiro atoms. The highest BCUT2D eigenvalue weighted by molar-refractivity contribution is 5.47. The van der Waals surface area contributed by atoms with E-state index in [1.54, 1.807) is 0 Å². The average molecular weight is 383 g/mol. The molecule has 0 aromatic heterocycles. The Kier molecular flexibility index (Phi) is 7.61. The van der Waals surface area contributed by atoms with Crippen LogP contribution in [0.4, 0.5) is 0 Å². The van der Waals surface area contributed by atoms with Gasteiger partial charge in [-0.1, -0.05) is 123 Å². The van der Waals surface area contributed by atoms with Crippen LogP contribution in [0.2, 0.25) is 0 Å². The summed E-state index contributed by atoms with van der Waals surface area (Å²) in [6, 6.07) is 31.5. The predicted octanol–water partition coefficient (Wildman–Crippen LogP) is 7.30. The Morgan fingerprint density at radius 1 is 0.793 bits per heavy atom. The molecule has 29 heavy (non-hydrogen) atoms. The molecule has 1 heteroatoms. The van der Waals surface area contributed by atoms with E-state index < -0.39 is 5.60 Å². The van der Waals surface area contributed by atoms with Crippen molar-refractivity contribution in [1.82, 2.24) is 0 Å². The van der Waals surface area contributed by atoms with Crippen molar-refractivity contribution in [2.75, 3.05) is 0 Å². The summed E-state index contributed by atoms with van der Waals surface area (Å²) in [6.07, 6.45) is 9.21. The van der Waals surface area contributed by atoms with Crippen LogP contribution in [0.1, 0.15) is 42.9 Å². The van der Waals surface area contributed by atoms with Gasteiger partial charge in [0.1, 0.15) is 5.60 Å². The molecule has 3 rings (SSSR count). The Morgan fingerprint density at radius 2 is 1.24 bits per heavy atom. The summed E-state index contributed by atoms with van der Waals surface area (Å²) in [7, 11) is 0. The monoisotopic (exact) mass is 382 g/mol. The third-order valence-electron chi connectivity index (χ3n) is 5.07. The van der Waals surface area contributed by atoms with Crippen LogP contribution < -0.4 is 0 Å². The molecule has 0 heterocycles. The highest BCUT2D eigenvalue weighted by Crippen LogP contribution is 2.41. The molecule has 1 unspecified atom stereocenters. The van der Waals surface area contributed by atoms with E-state index in [9.17, 15) is 0 Å².